The Balaban J connectivity index is 2.34. The van der Waals surface area contributed by atoms with Gasteiger partial charge in [-0.05, 0) is 19.1 Å². The molecule has 1 heterocycles. The first kappa shape index (κ1) is 14.6. The van der Waals surface area contributed by atoms with Crippen LogP contribution in [0.2, 0.25) is 0 Å². The van der Waals surface area contributed by atoms with Crippen molar-refractivity contribution in [2.75, 3.05) is 18.2 Å². The Bertz CT molecular complexity index is 706. The van der Waals surface area contributed by atoms with Crippen molar-refractivity contribution in [2.24, 2.45) is 7.05 Å². The number of rotatable bonds is 3. The van der Waals surface area contributed by atoms with E-state index in [2.05, 4.69) is 15.2 Å². The summed E-state index contributed by atoms with van der Waals surface area (Å²) in [5.41, 5.74) is 7.60. The lowest BCUT2D eigenvalue weighted by Crippen LogP contribution is -2.19. The number of nitrogens with two attached hydrogens (primary N) is 1. The number of nitrogen functional groups attached to an aromatic ring is 1. The molecule has 7 nitrogen and oxygen atoms in total. The second kappa shape index (κ2) is 5.66. The molecule has 0 spiro atoms. The predicted octanol–water partition coefficient (Wildman–Crippen LogP) is 1.35. The average molecular weight is 288 g/mol. The van der Waals surface area contributed by atoms with E-state index in [1.165, 1.54) is 11.8 Å². The molecule has 0 saturated heterocycles. The number of carbonyl (C=O) groups is 2. The molecule has 0 bridgehead atoms. The Morgan fingerprint density at radius 1 is 1.33 bits per heavy atom. The SMILES string of the molecule is COC(=O)c1ccccc1NC(=O)c1c(N)c(C)nn1C. The zero-order valence-electron chi connectivity index (χ0n) is 12.0. The quantitative estimate of drug-likeness (QED) is 0.830. The molecule has 0 saturated carbocycles. The molecule has 2 rings (SSSR count). The van der Waals surface area contributed by atoms with Gasteiger partial charge in [-0.3, -0.25) is 9.48 Å². The third kappa shape index (κ3) is 2.71. The van der Waals surface area contributed by atoms with Gasteiger partial charge in [0.05, 0.1) is 29.7 Å². The molecule has 0 atom stereocenters. The lowest BCUT2D eigenvalue weighted by atomic mass is 10.1. The number of hydrogen-bond donors (Lipinski definition) is 2. The van der Waals surface area contributed by atoms with Gasteiger partial charge in [-0.25, -0.2) is 4.79 Å². The second-order valence-electron chi connectivity index (χ2n) is 4.46. The summed E-state index contributed by atoms with van der Waals surface area (Å²) in [5.74, 6) is -0.966. The number of amides is 1. The third-order valence-electron chi connectivity index (χ3n) is 3.06. The van der Waals surface area contributed by atoms with Gasteiger partial charge in [0.25, 0.3) is 5.91 Å². The zero-order chi connectivity index (χ0) is 15.6. The van der Waals surface area contributed by atoms with E-state index in [-0.39, 0.29) is 11.3 Å². The molecule has 1 aromatic carbocycles. The summed E-state index contributed by atoms with van der Waals surface area (Å²) >= 11 is 0. The van der Waals surface area contributed by atoms with Crippen molar-refractivity contribution < 1.29 is 14.3 Å². The van der Waals surface area contributed by atoms with Crippen molar-refractivity contribution in [3.8, 4) is 0 Å². The molecule has 0 fully saturated rings. The number of anilines is 2. The Labute approximate surface area is 121 Å². The summed E-state index contributed by atoms with van der Waals surface area (Å²) in [5, 5.41) is 6.74. The van der Waals surface area contributed by atoms with Gasteiger partial charge in [-0.15, -0.1) is 0 Å². The zero-order valence-corrected chi connectivity index (χ0v) is 12.0. The molecule has 7 heteroatoms. The van der Waals surface area contributed by atoms with Crippen LogP contribution in [0.4, 0.5) is 11.4 Å². The Morgan fingerprint density at radius 2 is 2.00 bits per heavy atom. The van der Waals surface area contributed by atoms with Crippen molar-refractivity contribution in [3.05, 3.63) is 41.2 Å². The normalized spacial score (nSPS) is 10.2. The minimum Gasteiger partial charge on any atom is -0.465 e. The summed E-state index contributed by atoms with van der Waals surface area (Å²) in [7, 11) is 2.91. The van der Waals surface area contributed by atoms with Crippen molar-refractivity contribution in [1.82, 2.24) is 9.78 Å². The topological polar surface area (TPSA) is 99.2 Å². The Hall–Kier alpha value is -2.83. The number of benzene rings is 1. The molecule has 21 heavy (non-hydrogen) atoms. The monoisotopic (exact) mass is 288 g/mol. The van der Waals surface area contributed by atoms with Crippen molar-refractivity contribution in [1.29, 1.82) is 0 Å². The van der Waals surface area contributed by atoms with E-state index in [4.69, 9.17) is 5.73 Å². The Kier molecular flexibility index (Phi) is 3.93. The fourth-order valence-electron chi connectivity index (χ4n) is 2.01. The summed E-state index contributed by atoms with van der Waals surface area (Å²) in [6.45, 7) is 1.72. The number of aryl methyl sites for hydroxylation is 2. The van der Waals surface area contributed by atoms with Gasteiger partial charge in [-0.2, -0.15) is 5.10 Å². The van der Waals surface area contributed by atoms with Gasteiger partial charge < -0.3 is 15.8 Å². The van der Waals surface area contributed by atoms with E-state index < -0.39 is 11.9 Å². The smallest absolute Gasteiger partial charge is 0.339 e. The maximum absolute atomic E-state index is 12.3. The van der Waals surface area contributed by atoms with Crippen LogP contribution in [0.3, 0.4) is 0 Å². The lowest BCUT2D eigenvalue weighted by Gasteiger charge is -2.10. The minimum absolute atomic E-state index is 0.243. The van der Waals surface area contributed by atoms with Gasteiger partial charge in [0, 0.05) is 7.05 Å². The highest BCUT2D eigenvalue weighted by Crippen LogP contribution is 2.20. The van der Waals surface area contributed by atoms with E-state index in [0.29, 0.717) is 17.1 Å². The molecule has 1 amide bonds. The molecule has 110 valence electrons. The molecular weight excluding hydrogens is 272 g/mol. The first-order valence-corrected chi connectivity index (χ1v) is 6.23. The number of para-hydroxylation sites is 1. The number of ether oxygens (including phenoxy) is 1. The molecule has 1 aromatic heterocycles. The minimum atomic E-state index is -0.528. The fraction of sp³-hybridized carbons (Fsp3) is 0.214. The average Bonchev–Trinajstić information content (AvgIpc) is 2.71. The number of hydrogen-bond acceptors (Lipinski definition) is 5. The van der Waals surface area contributed by atoms with E-state index in [9.17, 15) is 9.59 Å². The van der Waals surface area contributed by atoms with Gasteiger partial charge >= 0.3 is 5.97 Å². The van der Waals surface area contributed by atoms with Crippen LogP contribution in [0.5, 0.6) is 0 Å². The van der Waals surface area contributed by atoms with Crippen LogP contribution < -0.4 is 11.1 Å². The second-order valence-corrected chi connectivity index (χ2v) is 4.46. The first-order chi connectivity index (χ1) is 9.95. The summed E-state index contributed by atoms with van der Waals surface area (Å²) in [6, 6.07) is 6.58. The molecule has 3 N–H and O–H groups in total. The molecular formula is C14H16N4O3. The van der Waals surface area contributed by atoms with E-state index in [1.807, 2.05) is 0 Å². The van der Waals surface area contributed by atoms with Crippen molar-refractivity contribution >= 4 is 23.3 Å². The highest BCUT2D eigenvalue weighted by molar-refractivity contribution is 6.09. The van der Waals surface area contributed by atoms with Gasteiger partial charge in [0.2, 0.25) is 0 Å². The molecule has 0 aliphatic carbocycles. The lowest BCUT2D eigenvalue weighted by molar-refractivity contribution is 0.0602. The third-order valence-corrected chi connectivity index (χ3v) is 3.06. The number of nitrogens with one attached hydrogen (secondary N) is 1. The highest BCUT2D eigenvalue weighted by Gasteiger charge is 2.20. The summed E-state index contributed by atoms with van der Waals surface area (Å²) in [4.78, 5) is 24.0. The fourth-order valence-corrected chi connectivity index (χ4v) is 2.01. The van der Waals surface area contributed by atoms with Crippen molar-refractivity contribution in [2.45, 2.75) is 6.92 Å². The number of carbonyl (C=O) groups excluding carboxylic acids is 2. The van der Waals surface area contributed by atoms with Crippen LogP contribution in [-0.2, 0) is 11.8 Å². The number of nitrogens with zero attached hydrogens (tertiary/aromatic N) is 2. The number of methoxy groups -OCH3 is 1. The maximum atomic E-state index is 12.3. The molecule has 0 radical (unpaired) electrons. The van der Waals surface area contributed by atoms with Gasteiger partial charge in [-0.1, -0.05) is 12.1 Å². The van der Waals surface area contributed by atoms with Crippen LogP contribution in [0.25, 0.3) is 0 Å². The van der Waals surface area contributed by atoms with Crippen molar-refractivity contribution in [3.63, 3.8) is 0 Å². The number of aromatic nitrogens is 2. The van der Waals surface area contributed by atoms with Crippen LogP contribution in [0, 0.1) is 6.92 Å². The van der Waals surface area contributed by atoms with Gasteiger partial charge in [0.1, 0.15) is 5.69 Å². The van der Waals surface area contributed by atoms with Crippen LogP contribution in [0.1, 0.15) is 26.5 Å². The van der Waals surface area contributed by atoms with E-state index >= 15 is 0 Å². The standard InChI is InChI=1S/C14H16N4O3/c1-8-11(15)12(18(2)17-8)13(19)16-10-7-5-4-6-9(10)14(20)21-3/h4-7H,15H2,1-3H3,(H,16,19). The van der Waals surface area contributed by atoms with E-state index in [0.717, 1.165) is 0 Å². The molecule has 0 unspecified atom stereocenters. The molecule has 0 aliphatic rings. The summed E-state index contributed by atoms with van der Waals surface area (Å²) < 4.78 is 6.09. The van der Waals surface area contributed by atoms with Crippen LogP contribution >= 0.6 is 0 Å². The van der Waals surface area contributed by atoms with Crippen LogP contribution in [-0.4, -0.2) is 28.8 Å². The molecule has 2 aromatic rings. The van der Waals surface area contributed by atoms with E-state index in [1.54, 1.807) is 38.2 Å². The Morgan fingerprint density at radius 3 is 2.57 bits per heavy atom. The number of esters is 1. The summed E-state index contributed by atoms with van der Waals surface area (Å²) in [6.07, 6.45) is 0. The highest BCUT2D eigenvalue weighted by atomic mass is 16.5. The first-order valence-electron chi connectivity index (χ1n) is 6.23. The largest absolute Gasteiger partial charge is 0.465 e. The van der Waals surface area contributed by atoms with Gasteiger partial charge in [0.15, 0.2) is 0 Å². The predicted molar refractivity (Wildman–Crippen MR) is 78.1 cm³/mol. The maximum Gasteiger partial charge on any atom is 0.339 e. The van der Waals surface area contributed by atoms with Crippen LogP contribution in [0.15, 0.2) is 24.3 Å². The molecule has 0 aliphatic heterocycles.